The van der Waals surface area contributed by atoms with E-state index in [1.807, 2.05) is 29.3 Å². The van der Waals surface area contributed by atoms with E-state index in [1.165, 1.54) is 6.26 Å². The monoisotopic (exact) mass is 329 g/mol. The van der Waals surface area contributed by atoms with Gasteiger partial charge in [0.05, 0.1) is 25.5 Å². The Morgan fingerprint density at radius 1 is 1.12 bits per heavy atom. The molecule has 126 valence electrons. The molecule has 0 atom stereocenters. The summed E-state index contributed by atoms with van der Waals surface area (Å²) in [5.74, 6) is 1.09. The Balaban J connectivity index is 1.40. The zero-order chi connectivity index (χ0) is 16.8. The smallest absolute Gasteiger partial charge is 0.286 e. The number of carbonyl (C=O) groups is 2. The number of hydrogen-bond donors (Lipinski definition) is 1. The van der Waals surface area contributed by atoms with Gasteiger partial charge in [-0.2, -0.15) is 0 Å². The van der Waals surface area contributed by atoms with Crippen LogP contribution in [0.4, 0.5) is 5.82 Å². The fourth-order valence-electron chi connectivity index (χ4n) is 2.71. The molecule has 3 heterocycles. The molecule has 3 rings (SSSR count). The van der Waals surface area contributed by atoms with Crippen molar-refractivity contribution in [2.45, 2.75) is 6.42 Å². The summed E-state index contributed by atoms with van der Waals surface area (Å²) in [6.45, 7) is 3.28. The number of furan rings is 1. The maximum absolute atomic E-state index is 12.2. The molecule has 24 heavy (non-hydrogen) atoms. The van der Waals surface area contributed by atoms with Crippen LogP contribution >= 0.6 is 0 Å². The number of amides is 2. The number of nitrogens with zero attached hydrogens (tertiary/aromatic N) is 2. The standard InChI is InChI=1S/C17H20N4O3/c22-16(6-8-19-17(23)14-4-3-13-24-14)21-11-9-20(10-12-21)15-5-1-2-7-18-15/h1-5,7,13H,6,8-12H2,(H,19,23)/p+1. The highest BCUT2D eigenvalue weighted by atomic mass is 16.3. The quantitative estimate of drug-likeness (QED) is 0.869. The van der Waals surface area contributed by atoms with Gasteiger partial charge in [-0.05, 0) is 18.2 Å². The van der Waals surface area contributed by atoms with Gasteiger partial charge in [0.25, 0.3) is 11.7 Å². The lowest BCUT2D eigenvalue weighted by Crippen LogP contribution is -2.50. The van der Waals surface area contributed by atoms with E-state index in [0.29, 0.717) is 26.1 Å². The lowest BCUT2D eigenvalue weighted by atomic mass is 10.2. The van der Waals surface area contributed by atoms with Gasteiger partial charge in [0, 0.05) is 19.0 Å². The van der Waals surface area contributed by atoms with Gasteiger partial charge in [0.1, 0.15) is 13.1 Å². The summed E-state index contributed by atoms with van der Waals surface area (Å²) in [5, 5.41) is 2.69. The first-order chi connectivity index (χ1) is 11.7. The van der Waals surface area contributed by atoms with Crippen molar-refractivity contribution < 1.29 is 19.0 Å². The molecule has 1 aliphatic heterocycles. The van der Waals surface area contributed by atoms with E-state index in [0.717, 1.165) is 18.9 Å². The molecule has 2 N–H and O–H groups in total. The molecule has 0 unspecified atom stereocenters. The van der Waals surface area contributed by atoms with E-state index >= 15 is 0 Å². The number of nitrogens with one attached hydrogen (secondary N) is 2. The van der Waals surface area contributed by atoms with Gasteiger partial charge in [-0.25, -0.2) is 4.98 Å². The summed E-state index contributed by atoms with van der Waals surface area (Å²) in [6.07, 6.45) is 3.64. The number of pyridine rings is 1. The Bertz CT molecular complexity index is 664. The van der Waals surface area contributed by atoms with Crippen molar-refractivity contribution >= 4 is 17.6 Å². The summed E-state index contributed by atoms with van der Waals surface area (Å²) < 4.78 is 5.01. The average molecular weight is 329 g/mol. The molecular weight excluding hydrogens is 308 g/mol. The van der Waals surface area contributed by atoms with Gasteiger partial charge in [0.2, 0.25) is 5.91 Å². The highest BCUT2D eigenvalue weighted by Gasteiger charge is 2.25. The van der Waals surface area contributed by atoms with Crippen molar-refractivity contribution in [3.05, 3.63) is 48.6 Å². The fraction of sp³-hybridized carbons (Fsp3) is 0.353. The Morgan fingerprint density at radius 3 is 2.62 bits per heavy atom. The van der Waals surface area contributed by atoms with Gasteiger partial charge in [0.15, 0.2) is 5.76 Å². The predicted octanol–water partition coefficient (Wildman–Crippen LogP) is 0.562. The Morgan fingerprint density at radius 2 is 1.96 bits per heavy atom. The molecule has 0 saturated carbocycles. The molecule has 0 radical (unpaired) electrons. The van der Waals surface area contributed by atoms with Crippen LogP contribution in [0.15, 0.2) is 47.2 Å². The van der Waals surface area contributed by atoms with Crippen molar-refractivity contribution in [2.75, 3.05) is 37.6 Å². The highest BCUT2D eigenvalue weighted by Crippen LogP contribution is 2.10. The molecule has 1 aliphatic rings. The van der Waals surface area contributed by atoms with Crippen LogP contribution in [-0.4, -0.2) is 49.4 Å². The van der Waals surface area contributed by atoms with Crippen molar-refractivity contribution in [3.63, 3.8) is 0 Å². The highest BCUT2D eigenvalue weighted by molar-refractivity contribution is 5.91. The number of carbonyl (C=O) groups excluding carboxylic acids is 2. The van der Waals surface area contributed by atoms with E-state index in [1.54, 1.807) is 12.1 Å². The maximum atomic E-state index is 12.2. The third-order valence-corrected chi connectivity index (χ3v) is 4.04. The second-order valence-electron chi connectivity index (χ2n) is 5.60. The first kappa shape index (κ1) is 16.0. The van der Waals surface area contributed by atoms with Crippen LogP contribution in [0, 0.1) is 0 Å². The van der Waals surface area contributed by atoms with Crippen molar-refractivity contribution in [2.24, 2.45) is 0 Å². The Kier molecular flexibility index (Phi) is 5.10. The molecule has 0 aliphatic carbocycles. The van der Waals surface area contributed by atoms with E-state index in [2.05, 4.69) is 15.2 Å². The van der Waals surface area contributed by atoms with Gasteiger partial charge in [-0.3, -0.25) is 14.5 Å². The van der Waals surface area contributed by atoms with Crippen molar-refractivity contribution in [1.82, 2.24) is 10.2 Å². The van der Waals surface area contributed by atoms with Gasteiger partial charge < -0.3 is 14.6 Å². The van der Waals surface area contributed by atoms with E-state index in [-0.39, 0.29) is 17.6 Å². The summed E-state index contributed by atoms with van der Waals surface area (Å²) in [7, 11) is 0. The molecule has 2 aromatic heterocycles. The van der Waals surface area contributed by atoms with E-state index < -0.39 is 0 Å². The summed E-state index contributed by atoms with van der Waals surface area (Å²) >= 11 is 0. The molecule has 1 saturated heterocycles. The van der Waals surface area contributed by atoms with Crippen LogP contribution in [0.3, 0.4) is 0 Å². The minimum atomic E-state index is -0.294. The second kappa shape index (κ2) is 7.63. The predicted molar refractivity (Wildman–Crippen MR) is 87.4 cm³/mol. The average Bonchev–Trinajstić information content (AvgIpc) is 3.17. The zero-order valence-corrected chi connectivity index (χ0v) is 13.4. The summed E-state index contributed by atoms with van der Waals surface area (Å²) in [5.41, 5.74) is 0. The number of aromatic nitrogens is 1. The normalized spacial score (nSPS) is 14.5. The molecule has 1 fully saturated rings. The number of H-pyrrole nitrogens is 1. The molecule has 2 amide bonds. The number of hydrogen-bond acceptors (Lipinski definition) is 4. The van der Waals surface area contributed by atoms with Crippen LogP contribution in [0.2, 0.25) is 0 Å². The number of aromatic amines is 1. The van der Waals surface area contributed by atoms with Crippen LogP contribution < -0.4 is 15.2 Å². The number of anilines is 1. The van der Waals surface area contributed by atoms with Crippen molar-refractivity contribution in [3.8, 4) is 0 Å². The molecule has 7 nitrogen and oxygen atoms in total. The Hall–Kier alpha value is -2.83. The Labute approximate surface area is 140 Å². The molecule has 2 aromatic rings. The van der Waals surface area contributed by atoms with Crippen LogP contribution in [0.25, 0.3) is 0 Å². The minimum absolute atomic E-state index is 0.0615. The molecule has 0 aromatic carbocycles. The van der Waals surface area contributed by atoms with Crippen molar-refractivity contribution in [1.29, 1.82) is 0 Å². The van der Waals surface area contributed by atoms with Crippen LogP contribution in [0.5, 0.6) is 0 Å². The largest absolute Gasteiger partial charge is 0.459 e. The molecular formula is C17H21N4O3+. The topological polar surface area (TPSA) is 79.9 Å². The minimum Gasteiger partial charge on any atom is -0.459 e. The lowest BCUT2D eigenvalue weighted by Gasteiger charge is -2.31. The SMILES string of the molecule is O=C(NCCC(=O)N1CCN(c2cccc[nH+]2)CC1)c1ccco1. The summed E-state index contributed by atoms with van der Waals surface area (Å²) in [4.78, 5) is 31.2. The molecule has 0 bridgehead atoms. The number of rotatable bonds is 5. The zero-order valence-electron chi connectivity index (χ0n) is 13.4. The second-order valence-corrected chi connectivity index (χ2v) is 5.60. The lowest BCUT2D eigenvalue weighted by molar-refractivity contribution is -0.364. The molecule has 7 heteroatoms. The van der Waals surface area contributed by atoms with E-state index in [9.17, 15) is 9.59 Å². The van der Waals surface area contributed by atoms with Crippen LogP contribution in [0.1, 0.15) is 17.0 Å². The summed E-state index contributed by atoms with van der Waals surface area (Å²) in [6, 6.07) is 9.22. The third-order valence-electron chi connectivity index (χ3n) is 4.04. The fourth-order valence-corrected chi connectivity index (χ4v) is 2.71. The van der Waals surface area contributed by atoms with Gasteiger partial charge in [-0.1, -0.05) is 6.07 Å². The van der Waals surface area contributed by atoms with E-state index in [4.69, 9.17) is 4.42 Å². The first-order valence-electron chi connectivity index (χ1n) is 8.05. The van der Waals surface area contributed by atoms with Crippen LogP contribution in [-0.2, 0) is 4.79 Å². The molecule has 0 spiro atoms. The van der Waals surface area contributed by atoms with Gasteiger partial charge in [-0.15, -0.1) is 0 Å². The first-order valence-corrected chi connectivity index (χ1v) is 8.05. The third kappa shape index (κ3) is 3.92. The maximum Gasteiger partial charge on any atom is 0.286 e. The van der Waals surface area contributed by atoms with Gasteiger partial charge >= 0.3 is 0 Å². The number of piperazine rings is 1.